The molecule has 1 saturated carbocycles. The van der Waals surface area contributed by atoms with Gasteiger partial charge in [-0.15, -0.1) is 0 Å². The molecule has 0 aliphatic heterocycles. The van der Waals surface area contributed by atoms with Crippen LogP contribution in [0.25, 0.3) is 0 Å². The topological polar surface area (TPSA) is 56.0 Å². The number of aromatic nitrogens is 1. The molecule has 0 radical (unpaired) electrons. The summed E-state index contributed by atoms with van der Waals surface area (Å²) >= 11 is 11.6. The molecule has 0 spiro atoms. The fourth-order valence-electron chi connectivity index (χ4n) is 1.34. The molecule has 1 aromatic rings. The van der Waals surface area contributed by atoms with E-state index >= 15 is 0 Å². The maximum absolute atomic E-state index is 11.0. The summed E-state index contributed by atoms with van der Waals surface area (Å²) in [6, 6.07) is 1.65. The van der Waals surface area contributed by atoms with Crippen molar-refractivity contribution in [3.05, 3.63) is 27.5 Å². The number of amides is 1. The highest BCUT2D eigenvalue weighted by Gasteiger charge is 2.28. The minimum Gasteiger partial charge on any atom is -0.366 e. The van der Waals surface area contributed by atoms with Gasteiger partial charge in [-0.05, 0) is 30.4 Å². The SMILES string of the molecule is NC(=O)c1cc(C2CC2)c(Cl)nc1Cl. The Morgan fingerprint density at radius 1 is 1.43 bits per heavy atom. The van der Waals surface area contributed by atoms with E-state index in [1.54, 1.807) is 6.07 Å². The molecule has 5 heteroatoms. The molecule has 0 saturated heterocycles. The number of hydrogen-bond donors (Lipinski definition) is 1. The van der Waals surface area contributed by atoms with E-state index in [1.807, 2.05) is 0 Å². The highest BCUT2D eigenvalue weighted by Crippen LogP contribution is 2.43. The third-order valence-electron chi connectivity index (χ3n) is 2.24. The monoisotopic (exact) mass is 230 g/mol. The molecule has 2 N–H and O–H groups in total. The quantitative estimate of drug-likeness (QED) is 0.794. The Kier molecular flexibility index (Phi) is 2.37. The van der Waals surface area contributed by atoms with Crippen LogP contribution in [0, 0.1) is 0 Å². The zero-order valence-electron chi connectivity index (χ0n) is 7.26. The molecule has 0 bridgehead atoms. The summed E-state index contributed by atoms with van der Waals surface area (Å²) in [7, 11) is 0. The summed E-state index contributed by atoms with van der Waals surface area (Å²) in [5.41, 5.74) is 6.28. The van der Waals surface area contributed by atoms with Crippen molar-refractivity contribution in [2.75, 3.05) is 0 Å². The first-order valence-electron chi connectivity index (χ1n) is 4.25. The van der Waals surface area contributed by atoms with Crippen LogP contribution in [0.4, 0.5) is 0 Å². The van der Waals surface area contributed by atoms with Crippen LogP contribution in [-0.2, 0) is 0 Å². The van der Waals surface area contributed by atoms with Crippen LogP contribution in [0.1, 0.15) is 34.7 Å². The lowest BCUT2D eigenvalue weighted by Crippen LogP contribution is -2.13. The number of halogens is 2. The first kappa shape index (κ1) is 9.74. The van der Waals surface area contributed by atoms with Gasteiger partial charge in [0.2, 0.25) is 0 Å². The number of nitrogens with two attached hydrogens (primary N) is 1. The zero-order chi connectivity index (χ0) is 10.3. The van der Waals surface area contributed by atoms with Crippen molar-refractivity contribution in [3.8, 4) is 0 Å². The van der Waals surface area contributed by atoms with Gasteiger partial charge in [0.15, 0.2) is 0 Å². The van der Waals surface area contributed by atoms with Crippen LogP contribution < -0.4 is 5.73 Å². The first-order valence-corrected chi connectivity index (χ1v) is 5.01. The summed E-state index contributed by atoms with van der Waals surface area (Å²) < 4.78 is 0. The van der Waals surface area contributed by atoms with Gasteiger partial charge in [-0.1, -0.05) is 23.2 Å². The highest BCUT2D eigenvalue weighted by molar-refractivity contribution is 6.35. The van der Waals surface area contributed by atoms with Crippen LogP contribution in [-0.4, -0.2) is 10.9 Å². The van der Waals surface area contributed by atoms with Gasteiger partial charge in [-0.25, -0.2) is 4.98 Å². The summed E-state index contributed by atoms with van der Waals surface area (Å²) in [6.07, 6.45) is 2.17. The number of carbonyl (C=O) groups is 1. The molecule has 74 valence electrons. The summed E-state index contributed by atoms with van der Waals surface area (Å²) in [6.45, 7) is 0. The highest BCUT2D eigenvalue weighted by atomic mass is 35.5. The van der Waals surface area contributed by atoms with Gasteiger partial charge < -0.3 is 5.73 Å². The molecule has 3 nitrogen and oxygen atoms in total. The lowest BCUT2D eigenvalue weighted by atomic mass is 10.1. The molecule has 1 fully saturated rings. The van der Waals surface area contributed by atoms with Crippen molar-refractivity contribution in [1.82, 2.24) is 4.98 Å². The molecular weight excluding hydrogens is 223 g/mol. The normalized spacial score (nSPS) is 15.6. The Bertz CT molecular complexity index is 402. The lowest BCUT2D eigenvalue weighted by Gasteiger charge is -2.05. The molecule has 0 aromatic carbocycles. The minimum atomic E-state index is -0.568. The number of pyridine rings is 1. The number of rotatable bonds is 2. The predicted molar refractivity (Wildman–Crippen MR) is 54.7 cm³/mol. The maximum atomic E-state index is 11.0. The van der Waals surface area contributed by atoms with Crippen LogP contribution in [0.15, 0.2) is 6.07 Å². The summed E-state index contributed by atoms with van der Waals surface area (Å²) in [4.78, 5) is 14.9. The second-order valence-corrected chi connectivity index (χ2v) is 4.06. The van der Waals surface area contributed by atoms with Crippen molar-refractivity contribution in [3.63, 3.8) is 0 Å². The van der Waals surface area contributed by atoms with Gasteiger partial charge in [0.1, 0.15) is 10.3 Å². The fourth-order valence-corrected chi connectivity index (χ4v) is 1.91. The third-order valence-corrected chi connectivity index (χ3v) is 2.83. The smallest absolute Gasteiger partial charge is 0.251 e. The average molecular weight is 231 g/mol. The van der Waals surface area contributed by atoms with E-state index in [4.69, 9.17) is 28.9 Å². The van der Waals surface area contributed by atoms with Crippen LogP contribution >= 0.6 is 23.2 Å². The van der Waals surface area contributed by atoms with E-state index in [0.29, 0.717) is 11.1 Å². The van der Waals surface area contributed by atoms with Crippen LogP contribution in [0.5, 0.6) is 0 Å². The van der Waals surface area contributed by atoms with E-state index in [1.165, 1.54) is 0 Å². The largest absolute Gasteiger partial charge is 0.366 e. The van der Waals surface area contributed by atoms with Crippen molar-refractivity contribution in [1.29, 1.82) is 0 Å². The number of nitrogens with zero attached hydrogens (tertiary/aromatic N) is 1. The van der Waals surface area contributed by atoms with Gasteiger partial charge >= 0.3 is 0 Å². The van der Waals surface area contributed by atoms with Gasteiger partial charge in [-0.3, -0.25) is 4.79 Å². The van der Waals surface area contributed by atoms with Gasteiger partial charge in [0, 0.05) is 0 Å². The second kappa shape index (κ2) is 3.41. The van der Waals surface area contributed by atoms with E-state index in [2.05, 4.69) is 4.98 Å². The Labute approximate surface area is 91.2 Å². The standard InChI is InChI=1S/C9H8Cl2N2O/c10-7-5(4-1-2-4)3-6(9(12)14)8(11)13-7/h3-4H,1-2H2,(H2,12,14). The molecule has 14 heavy (non-hydrogen) atoms. The van der Waals surface area contributed by atoms with E-state index in [9.17, 15) is 4.79 Å². The van der Waals surface area contributed by atoms with Gasteiger partial charge in [0.05, 0.1) is 5.56 Å². The Morgan fingerprint density at radius 2 is 2.07 bits per heavy atom. The van der Waals surface area contributed by atoms with Crippen molar-refractivity contribution in [2.45, 2.75) is 18.8 Å². The molecule has 0 atom stereocenters. The van der Waals surface area contributed by atoms with Crippen molar-refractivity contribution in [2.24, 2.45) is 5.73 Å². The van der Waals surface area contributed by atoms with E-state index in [0.717, 1.165) is 18.4 Å². The molecular formula is C9H8Cl2N2O. The van der Waals surface area contributed by atoms with Gasteiger partial charge in [0.25, 0.3) is 5.91 Å². The number of primary amides is 1. The first-order chi connectivity index (χ1) is 6.59. The van der Waals surface area contributed by atoms with E-state index < -0.39 is 5.91 Å². The molecule has 2 rings (SSSR count). The minimum absolute atomic E-state index is 0.0758. The Balaban J connectivity index is 2.51. The van der Waals surface area contributed by atoms with Crippen molar-refractivity contribution < 1.29 is 4.79 Å². The van der Waals surface area contributed by atoms with E-state index in [-0.39, 0.29) is 10.7 Å². The molecule has 1 amide bonds. The Morgan fingerprint density at radius 3 is 2.57 bits per heavy atom. The molecule has 1 heterocycles. The number of carbonyl (C=O) groups excluding carboxylic acids is 1. The summed E-state index contributed by atoms with van der Waals surface area (Å²) in [5, 5.41) is 0.453. The zero-order valence-corrected chi connectivity index (χ0v) is 8.77. The average Bonchev–Trinajstić information content (AvgIpc) is 2.86. The molecule has 1 aromatic heterocycles. The maximum Gasteiger partial charge on any atom is 0.251 e. The number of hydrogen-bond acceptors (Lipinski definition) is 2. The van der Waals surface area contributed by atoms with Crippen molar-refractivity contribution >= 4 is 29.1 Å². The second-order valence-electron chi connectivity index (χ2n) is 3.35. The summed E-state index contributed by atoms with van der Waals surface area (Å²) in [5.74, 6) is -0.147. The Hall–Kier alpha value is -0.800. The fraction of sp³-hybridized carbons (Fsp3) is 0.333. The lowest BCUT2D eigenvalue weighted by molar-refractivity contribution is 0.1000. The third kappa shape index (κ3) is 1.70. The van der Waals surface area contributed by atoms with Gasteiger partial charge in [-0.2, -0.15) is 0 Å². The molecule has 0 unspecified atom stereocenters. The van der Waals surface area contributed by atoms with Crippen LogP contribution in [0.3, 0.4) is 0 Å². The molecule has 1 aliphatic rings. The predicted octanol–water partition coefficient (Wildman–Crippen LogP) is 2.36. The van der Waals surface area contributed by atoms with Crippen LogP contribution in [0.2, 0.25) is 10.3 Å². The molecule has 1 aliphatic carbocycles.